The number of methoxy groups -OCH3 is 1. The quantitative estimate of drug-likeness (QED) is 0.699. The minimum Gasteiger partial charge on any atom is -0.497 e. The zero-order valence-corrected chi connectivity index (χ0v) is 8.53. The fourth-order valence-corrected chi connectivity index (χ4v) is 1.60. The maximum Gasteiger partial charge on any atom is 0.189 e. The van der Waals surface area contributed by atoms with Crippen molar-refractivity contribution >= 4 is 11.6 Å². The molecule has 0 spiro atoms. The molecular weight excluding hydrogens is 192 g/mol. The summed E-state index contributed by atoms with van der Waals surface area (Å²) >= 11 is 0. The summed E-state index contributed by atoms with van der Waals surface area (Å²) < 4.78 is 5.01. The predicted molar refractivity (Wildman–Crippen MR) is 55.4 cm³/mol. The summed E-state index contributed by atoms with van der Waals surface area (Å²) in [6.45, 7) is 1.65. The van der Waals surface area contributed by atoms with Crippen LogP contribution in [0, 0.1) is 0 Å². The molecule has 0 amide bonds. The van der Waals surface area contributed by atoms with E-state index in [1.54, 1.807) is 25.1 Å². The minimum absolute atomic E-state index is 0.0905. The van der Waals surface area contributed by atoms with Gasteiger partial charge in [0.25, 0.3) is 0 Å². The van der Waals surface area contributed by atoms with Crippen LogP contribution in [0.1, 0.15) is 27.6 Å². The minimum atomic E-state index is -0.138. The number of Topliss-reactive ketones (excluding diaryl/α,β-unsaturated/α-hetero) is 1. The van der Waals surface area contributed by atoms with E-state index in [1.165, 1.54) is 13.2 Å². The number of allylic oxidation sites excluding steroid dienone is 2. The maximum atomic E-state index is 11.7. The summed E-state index contributed by atoms with van der Waals surface area (Å²) in [6.07, 6.45) is 1.37. The zero-order chi connectivity index (χ0) is 11.0. The van der Waals surface area contributed by atoms with Crippen LogP contribution in [-0.4, -0.2) is 18.7 Å². The summed E-state index contributed by atoms with van der Waals surface area (Å²) in [7, 11) is 1.53. The summed E-state index contributed by atoms with van der Waals surface area (Å²) in [4.78, 5) is 23.3. The van der Waals surface area contributed by atoms with Crippen molar-refractivity contribution in [2.24, 2.45) is 0 Å². The van der Waals surface area contributed by atoms with Gasteiger partial charge in [0.1, 0.15) is 5.75 Å². The number of fused-ring (bicyclic) bond motifs is 1. The highest BCUT2D eigenvalue weighted by molar-refractivity contribution is 6.24. The third kappa shape index (κ3) is 1.46. The molecule has 0 N–H and O–H groups in total. The lowest BCUT2D eigenvalue weighted by atomic mass is 9.90. The first-order valence-corrected chi connectivity index (χ1v) is 4.59. The van der Waals surface area contributed by atoms with E-state index in [9.17, 15) is 9.59 Å². The van der Waals surface area contributed by atoms with Gasteiger partial charge >= 0.3 is 0 Å². The highest BCUT2D eigenvalue weighted by Gasteiger charge is 2.23. The van der Waals surface area contributed by atoms with Crippen LogP contribution in [0.5, 0.6) is 5.75 Å². The average Bonchev–Trinajstić information content (AvgIpc) is 2.25. The normalized spacial score (nSPS) is 14.7. The molecule has 3 heteroatoms. The molecule has 0 heterocycles. The largest absolute Gasteiger partial charge is 0.497 e. The molecule has 1 aliphatic carbocycles. The van der Waals surface area contributed by atoms with Gasteiger partial charge in [-0.15, -0.1) is 0 Å². The van der Waals surface area contributed by atoms with Crippen molar-refractivity contribution < 1.29 is 14.3 Å². The third-order valence-electron chi connectivity index (χ3n) is 2.44. The Balaban J connectivity index is 2.62. The Morgan fingerprint density at radius 3 is 2.53 bits per heavy atom. The standard InChI is InChI=1S/C12H10O3/c1-7-5-11(13)10-6-8(15-2)3-4-9(10)12(7)14/h3-6H,1-2H3. The van der Waals surface area contributed by atoms with E-state index in [1.807, 2.05) is 0 Å². The number of carbonyl (C=O) groups excluding carboxylic acids is 2. The number of ether oxygens (including phenoxy) is 1. The van der Waals surface area contributed by atoms with Crippen molar-refractivity contribution in [3.8, 4) is 5.75 Å². The predicted octanol–water partition coefficient (Wildman–Crippen LogP) is 2.02. The van der Waals surface area contributed by atoms with E-state index in [0.29, 0.717) is 22.4 Å². The van der Waals surface area contributed by atoms with Crippen LogP contribution < -0.4 is 4.74 Å². The van der Waals surface area contributed by atoms with Gasteiger partial charge in [-0.1, -0.05) is 0 Å². The van der Waals surface area contributed by atoms with Gasteiger partial charge in [0.15, 0.2) is 11.6 Å². The first-order valence-electron chi connectivity index (χ1n) is 4.59. The first kappa shape index (κ1) is 9.65. The number of carbonyl (C=O) groups is 2. The Kier molecular flexibility index (Phi) is 2.15. The van der Waals surface area contributed by atoms with Crippen molar-refractivity contribution in [3.05, 3.63) is 41.0 Å². The Morgan fingerprint density at radius 2 is 1.87 bits per heavy atom. The molecule has 0 atom stereocenters. The lowest BCUT2D eigenvalue weighted by Crippen LogP contribution is -2.15. The Morgan fingerprint density at radius 1 is 1.13 bits per heavy atom. The second kappa shape index (κ2) is 3.35. The molecule has 3 nitrogen and oxygen atoms in total. The van der Waals surface area contributed by atoms with Crippen LogP contribution in [0.3, 0.4) is 0 Å². The number of benzene rings is 1. The second-order valence-corrected chi connectivity index (χ2v) is 3.43. The summed E-state index contributed by atoms with van der Waals surface area (Å²) in [5, 5.41) is 0. The Labute approximate surface area is 87.4 Å². The molecule has 0 aromatic heterocycles. The summed E-state index contributed by atoms with van der Waals surface area (Å²) in [5.74, 6) is 0.358. The lowest BCUT2D eigenvalue weighted by molar-refractivity contribution is 0.0984. The molecular formula is C12H10O3. The molecule has 2 rings (SSSR count). The second-order valence-electron chi connectivity index (χ2n) is 3.43. The van der Waals surface area contributed by atoms with Crippen LogP contribution in [0.4, 0.5) is 0 Å². The topological polar surface area (TPSA) is 43.4 Å². The Hall–Kier alpha value is -1.90. The van der Waals surface area contributed by atoms with Gasteiger partial charge in [0.05, 0.1) is 7.11 Å². The molecule has 0 bridgehead atoms. The zero-order valence-electron chi connectivity index (χ0n) is 8.53. The number of ketones is 2. The fraction of sp³-hybridized carbons (Fsp3) is 0.167. The van der Waals surface area contributed by atoms with E-state index in [4.69, 9.17) is 4.74 Å². The van der Waals surface area contributed by atoms with E-state index >= 15 is 0 Å². The van der Waals surface area contributed by atoms with Gasteiger partial charge < -0.3 is 4.74 Å². The van der Waals surface area contributed by atoms with Crippen LogP contribution in [0.15, 0.2) is 29.8 Å². The van der Waals surface area contributed by atoms with Gasteiger partial charge in [-0.05, 0) is 31.2 Å². The summed E-state index contributed by atoms with van der Waals surface area (Å²) in [6, 6.07) is 4.91. The van der Waals surface area contributed by atoms with Gasteiger partial charge in [0.2, 0.25) is 0 Å². The molecule has 1 aromatic rings. The lowest BCUT2D eigenvalue weighted by Gasteiger charge is -2.13. The molecule has 1 aromatic carbocycles. The third-order valence-corrected chi connectivity index (χ3v) is 2.44. The van der Waals surface area contributed by atoms with Gasteiger partial charge in [0, 0.05) is 16.7 Å². The Bertz CT molecular complexity index is 484. The number of hydrogen-bond acceptors (Lipinski definition) is 3. The SMILES string of the molecule is COc1ccc2c(c1)C(=O)C=C(C)C2=O. The van der Waals surface area contributed by atoms with Crippen molar-refractivity contribution in [3.63, 3.8) is 0 Å². The van der Waals surface area contributed by atoms with E-state index in [2.05, 4.69) is 0 Å². The van der Waals surface area contributed by atoms with Crippen molar-refractivity contribution in [1.29, 1.82) is 0 Å². The fourth-order valence-electron chi connectivity index (χ4n) is 1.60. The van der Waals surface area contributed by atoms with Crippen molar-refractivity contribution in [1.82, 2.24) is 0 Å². The molecule has 0 unspecified atom stereocenters. The smallest absolute Gasteiger partial charge is 0.189 e. The van der Waals surface area contributed by atoms with Crippen molar-refractivity contribution in [2.75, 3.05) is 7.11 Å². The number of rotatable bonds is 1. The number of hydrogen-bond donors (Lipinski definition) is 0. The molecule has 0 fully saturated rings. The monoisotopic (exact) mass is 202 g/mol. The van der Waals surface area contributed by atoms with E-state index in [0.717, 1.165) is 0 Å². The van der Waals surface area contributed by atoms with Gasteiger partial charge in [-0.25, -0.2) is 0 Å². The van der Waals surface area contributed by atoms with Gasteiger partial charge in [-0.3, -0.25) is 9.59 Å². The van der Waals surface area contributed by atoms with Crippen LogP contribution in [-0.2, 0) is 0 Å². The molecule has 0 saturated heterocycles. The maximum absolute atomic E-state index is 11.7. The molecule has 0 radical (unpaired) electrons. The van der Waals surface area contributed by atoms with Crippen molar-refractivity contribution in [2.45, 2.75) is 6.92 Å². The summed E-state index contributed by atoms with van der Waals surface area (Å²) in [5.41, 5.74) is 1.36. The molecule has 0 saturated carbocycles. The molecule has 0 aliphatic heterocycles. The highest BCUT2D eigenvalue weighted by Crippen LogP contribution is 2.24. The molecule has 1 aliphatic rings. The van der Waals surface area contributed by atoms with Crippen LogP contribution >= 0.6 is 0 Å². The molecule has 76 valence electrons. The average molecular weight is 202 g/mol. The van der Waals surface area contributed by atoms with Gasteiger partial charge in [-0.2, -0.15) is 0 Å². The van der Waals surface area contributed by atoms with E-state index < -0.39 is 0 Å². The van der Waals surface area contributed by atoms with Crippen LogP contribution in [0.2, 0.25) is 0 Å². The highest BCUT2D eigenvalue weighted by atomic mass is 16.5. The van der Waals surface area contributed by atoms with E-state index in [-0.39, 0.29) is 11.6 Å². The first-order chi connectivity index (χ1) is 7.13. The van der Waals surface area contributed by atoms with Crippen LogP contribution in [0.25, 0.3) is 0 Å². The molecule has 15 heavy (non-hydrogen) atoms.